The van der Waals surface area contributed by atoms with Crippen molar-refractivity contribution in [1.29, 1.82) is 5.26 Å². The van der Waals surface area contributed by atoms with Gasteiger partial charge in [0.25, 0.3) is 0 Å². The molecule has 1 aromatic heterocycles. The normalized spacial score (nSPS) is 12.4. The maximum absolute atomic E-state index is 12.7. The molecule has 0 aliphatic carbocycles. The maximum Gasteiger partial charge on any atom is 0.343 e. The Kier molecular flexibility index (Phi) is 5.80. The lowest BCUT2D eigenvalue weighted by molar-refractivity contribution is -0.119. The van der Waals surface area contributed by atoms with Gasteiger partial charge < -0.3 is 14.8 Å². The number of carbonyl (C=O) groups excluding carboxylic acids is 2. The van der Waals surface area contributed by atoms with E-state index in [1.807, 2.05) is 6.07 Å². The predicted molar refractivity (Wildman–Crippen MR) is 95.2 cm³/mol. The molecule has 1 heterocycles. The first kappa shape index (κ1) is 19.2. The van der Waals surface area contributed by atoms with Gasteiger partial charge in [0, 0.05) is 5.02 Å². The van der Waals surface area contributed by atoms with Crippen molar-refractivity contribution in [1.82, 2.24) is 4.98 Å². The number of hydrogen-bond donors (Lipinski definition) is 1. The summed E-state index contributed by atoms with van der Waals surface area (Å²) in [5.41, 5.74) is -0.697. The van der Waals surface area contributed by atoms with Gasteiger partial charge in [-0.3, -0.25) is 4.79 Å². The molecule has 0 saturated carbocycles. The molecule has 0 bridgehead atoms. The van der Waals surface area contributed by atoms with E-state index in [2.05, 4.69) is 15.0 Å². The van der Waals surface area contributed by atoms with Crippen LogP contribution in [-0.4, -0.2) is 31.1 Å². The summed E-state index contributed by atoms with van der Waals surface area (Å²) < 4.78 is 9.68. The molecule has 1 N–H and O–H groups in total. The number of amides is 1. The first-order chi connectivity index (χ1) is 12.3. The van der Waals surface area contributed by atoms with Crippen molar-refractivity contribution in [2.75, 3.05) is 19.5 Å². The Labute approximate surface area is 155 Å². The summed E-state index contributed by atoms with van der Waals surface area (Å²) in [6.45, 7) is 1.49. The first-order valence-corrected chi connectivity index (χ1v) is 7.84. The van der Waals surface area contributed by atoms with E-state index in [4.69, 9.17) is 16.3 Å². The average Bonchev–Trinajstić information content (AvgIpc) is 2.67. The number of pyridine rings is 1. The molecule has 0 aliphatic heterocycles. The van der Waals surface area contributed by atoms with Gasteiger partial charge in [0.15, 0.2) is 5.41 Å². The van der Waals surface area contributed by atoms with E-state index in [1.165, 1.54) is 33.4 Å². The van der Waals surface area contributed by atoms with Gasteiger partial charge >= 0.3 is 5.97 Å². The molecule has 0 aliphatic rings. The van der Waals surface area contributed by atoms with Gasteiger partial charge in [-0.05, 0) is 30.7 Å². The van der Waals surface area contributed by atoms with Crippen LogP contribution in [0.1, 0.15) is 22.8 Å². The zero-order chi connectivity index (χ0) is 19.3. The van der Waals surface area contributed by atoms with Crippen LogP contribution in [0.4, 0.5) is 5.69 Å². The van der Waals surface area contributed by atoms with Crippen LogP contribution in [0.3, 0.4) is 0 Å². The van der Waals surface area contributed by atoms with Crippen LogP contribution in [0.15, 0.2) is 36.5 Å². The number of rotatable bonds is 5. The molecule has 2 rings (SSSR count). The Morgan fingerprint density at radius 2 is 1.92 bits per heavy atom. The van der Waals surface area contributed by atoms with Gasteiger partial charge in [-0.15, -0.1) is 0 Å². The van der Waals surface area contributed by atoms with Crippen LogP contribution in [-0.2, 0) is 14.9 Å². The molecule has 0 fully saturated rings. The Balaban J connectivity index is 2.34. The fourth-order valence-electron chi connectivity index (χ4n) is 2.23. The van der Waals surface area contributed by atoms with Crippen molar-refractivity contribution in [3.05, 3.63) is 52.7 Å². The number of halogens is 1. The smallest absolute Gasteiger partial charge is 0.343 e. The number of nitriles is 1. The van der Waals surface area contributed by atoms with Gasteiger partial charge in [-0.25, -0.2) is 9.78 Å². The van der Waals surface area contributed by atoms with E-state index in [-0.39, 0.29) is 17.1 Å². The molecular weight excluding hydrogens is 358 g/mol. The van der Waals surface area contributed by atoms with E-state index in [9.17, 15) is 14.9 Å². The molecule has 0 saturated heterocycles. The zero-order valence-corrected chi connectivity index (χ0v) is 15.1. The monoisotopic (exact) mass is 373 g/mol. The number of esters is 1. The lowest BCUT2D eigenvalue weighted by atomic mass is 9.83. The number of nitrogens with one attached hydrogen (secondary N) is 1. The Hall–Kier alpha value is -3.11. The molecule has 2 aromatic rings. The van der Waals surface area contributed by atoms with Crippen molar-refractivity contribution < 1.29 is 19.1 Å². The van der Waals surface area contributed by atoms with Gasteiger partial charge in [0.05, 0.1) is 32.2 Å². The van der Waals surface area contributed by atoms with Crippen molar-refractivity contribution in [2.24, 2.45) is 0 Å². The second-order valence-electron chi connectivity index (χ2n) is 5.47. The summed E-state index contributed by atoms with van der Waals surface area (Å²) in [5.74, 6) is -1.17. The summed E-state index contributed by atoms with van der Waals surface area (Å²) in [4.78, 5) is 28.5. The van der Waals surface area contributed by atoms with Crippen LogP contribution in [0.2, 0.25) is 5.02 Å². The number of nitrogens with zero attached hydrogens (tertiary/aromatic N) is 2. The second kappa shape index (κ2) is 7.85. The number of hydrogen-bond acceptors (Lipinski definition) is 6. The molecule has 0 spiro atoms. The van der Waals surface area contributed by atoms with Crippen molar-refractivity contribution in [3.63, 3.8) is 0 Å². The zero-order valence-electron chi connectivity index (χ0n) is 14.4. The minimum atomic E-state index is -1.46. The first-order valence-electron chi connectivity index (χ1n) is 7.46. The molecule has 1 atom stereocenters. The lowest BCUT2D eigenvalue weighted by Crippen LogP contribution is -2.36. The van der Waals surface area contributed by atoms with Gasteiger partial charge in [0.1, 0.15) is 5.56 Å². The fraction of sp³-hybridized carbons (Fsp3) is 0.222. The van der Waals surface area contributed by atoms with E-state index >= 15 is 0 Å². The van der Waals surface area contributed by atoms with Gasteiger partial charge in [-0.1, -0.05) is 23.7 Å². The lowest BCUT2D eigenvalue weighted by Gasteiger charge is -2.21. The molecule has 134 valence electrons. The number of methoxy groups -OCH3 is 2. The fourth-order valence-corrected chi connectivity index (χ4v) is 2.35. The SMILES string of the molecule is COC(=O)c1cc(NC(=O)[C@](C)(C#N)c2ccc(Cl)cc2)cnc1OC. The summed E-state index contributed by atoms with van der Waals surface area (Å²) in [6, 6.07) is 9.80. The van der Waals surface area contributed by atoms with Crippen LogP contribution in [0.5, 0.6) is 5.88 Å². The topological polar surface area (TPSA) is 101 Å². The van der Waals surface area contributed by atoms with Crippen LogP contribution < -0.4 is 10.1 Å². The average molecular weight is 374 g/mol. The molecular formula is C18H16ClN3O4. The highest BCUT2D eigenvalue weighted by Crippen LogP contribution is 2.27. The highest BCUT2D eigenvalue weighted by Gasteiger charge is 2.35. The third-order valence-corrected chi connectivity index (χ3v) is 4.06. The highest BCUT2D eigenvalue weighted by atomic mass is 35.5. The standard InChI is InChI=1S/C18H16ClN3O4/c1-18(10-20,11-4-6-12(19)7-5-11)17(24)22-13-8-14(16(23)26-3)15(25-2)21-9-13/h4-9H,1-3H3,(H,22,24)/t18-/m1/s1. The molecule has 26 heavy (non-hydrogen) atoms. The summed E-state index contributed by atoms with van der Waals surface area (Å²) in [6.07, 6.45) is 1.32. The van der Waals surface area contributed by atoms with Gasteiger partial charge in [-0.2, -0.15) is 5.26 Å². The third kappa shape index (κ3) is 3.76. The summed E-state index contributed by atoms with van der Waals surface area (Å²) in [5, 5.41) is 12.7. The number of anilines is 1. The Morgan fingerprint density at radius 3 is 2.46 bits per heavy atom. The van der Waals surface area contributed by atoms with Crippen molar-refractivity contribution >= 4 is 29.2 Å². The van der Waals surface area contributed by atoms with Crippen molar-refractivity contribution in [3.8, 4) is 11.9 Å². The minimum Gasteiger partial charge on any atom is -0.480 e. The van der Waals surface area contributed by atoms with Crippen molar-refractivity contribution in [2.45, 2.75) is 12.3 Å². The third-order valence-electron chi connectivity index (χ3n) is 3.81. The number of aromatic nitrogens is 1. The molecule has 0 radical (unpaired) electrons. The quantitative estimate of drug-likeness (QED) is 0.808. The molecule has 1 amide bonds. The summed E-state index contributed by atoms with van der Waals surface area (Å²) >= 11 is 5.86. The van der Waals surface area contributed by atoms with Crippen LogP contribution in [0.25, 0.3) is 0 Å². The second-order valence-corrected chi connectivity index (χ2v) is 5.91. The molecule has 0 unspecified atom stereocenters. The minimum absolute atomic E-state index is 0.0537. The van der Waals surface area contributed by atoms with Crippen LogP contribution >= 0.6 is 11.6 Å². The molecule has 8 heteroatoms. The van der Waals surface area contributed by atoms with E-state index in [1.54, 1.807) is 24.3 Å². The van der Waals surface area contributed by atoms with Gasteiger partial charge in [0.2, 0.25) is 11.8 Å². The highest BCUT2D eigenvalue weighted by molar-refractivity contribution is 6.30. The Bertz CT molecular complexity index is 877. The number of carbonyl (C=O) groups is 2. The van der Waals surface area contributed by atoms with Crippen LogP contribution in [0, 0.1) is 11.3 Å². The number of benzene rings is 1. The summed E-state index contributed by atoms with van der Waals surface area (Å²) in [7, 11) is 2.58. The molecule has 1 aromatic carbocycles. The maximum atomic E-state index is 12.7. The van der Waals surface area contributed by atoms with E-state index < -0.39 is 17.3 Å². The number of ether oxygens (including phenoxy) is 2. The largest absolute Gasteiger partial charge is 0.480 e. The van der Waals surface area contributed by atoms with E-state index in [0.717, 1.165) is 0 Å². The predicted octanol–water partition coefficient (Wildman–Crippen LogP) is 2.95. The van der Waals surface area contributed by atoms with E-state index in [0.29, 0.717) is 10.6 Å². The molecule has 7 nitrogen and oxygen atoms in total. The Morgan fingerprint density at radius 1 is 1.27 bits per heavy atom.